The first kappa shape index (κ1) is 20.4. The number of nitrogen functional groups attached to an aromatic ring is 1. The zero-order chi connectivity index (χ0) is 20.1. The molecule has 2 aromatic heterocycles. The summed E-state index contributed by atoms with van der Waals surface area (Å²) < 4.78 is 8.55. The Morgan fingerprint density at radius 2 is 2.14 bits per heavy atom. The van der Waals surface area contributed by atoms with Crippen molar-refractivity contribution in [1.82, 2.24) is 14.5 Å². The van der Waals surface area contributed by atoms with Crippen LogP contribution in [0.1, 0.15) is 31.7 Å². The van der Waals surface area contributed by atoms with Crippen molar-refractivity contribution < 1.29 is 9.84 Å². The molecule has 1 atom stereocenters. The normalized spacial score (nSPS) is 12.3. The molecule has 0 bridgehead atoms. The molecule has 4 N–H and O–H groups in total. The molecule has 3 rings (SSSR count). The van der Waals surface area contributed by atoms with Crippen LogP contribution in [0.5, 0.6) is 5.75 Å². The molecular formula is C20H26BrN5O2. The predicted octanol–water partition coefficient (Wildman–Crippen LogP) is 3.80. The summed E-state index contributed by atoms with van der Waals surface area (Å²) in [6.07, 6.45) is 4.92. The molecule has 0 saturated heterocycles. The maximum Gasteiger partial charge on any atom is 0.222 e. The van der Waals surface area contributed by atoms with E-state index in [0.29, 0.717) is 12.4 Å². The van der Waals surface area contributed by atoms with E-state index in [-0.39, 0.29) is 18.6 Å². The highest BCUT2D eigenvalue weighted by molar-refractivity contribution is 9.10. The lowest BCUT2D eigenvalue weighted by Crippen LogP contribution is -2.25. The number of aromatic nitrogens is 3. The van der Waals surface area contributed by atoms with Crippen LogP contribution >= 0.6 is 15.9 Å². The third-order valence-corrected chi connectivity index (χ3v) is 5.17. The first-order valence-electron chi connectivity index (χ1n) is 9.37. The van der Waals surface area contributed by atoms with Gasteiger partial charge in [0.1, 0.15) is 11.3 Å². The van der Waals surface area contributed by atoms with E-state index in [4.69, 9.17) is 10.5 Å². The number of hydrogen-bond acceptors (Lipinski definition) is 6. The number of fused-ring (bicyclic) bond motifs is 1. The topological polar surface area (TPSA) is 98.2 Å². The number of nitrogens with two attached hydrogens (primary N) is 1. The maximum absolute atomic E-state index is 9.74. The molecule has 3 aromatic rings. The number of nitrogens with zero attached hydrogens (tertiary/aromatic N) is 3. The van der Waals surface area contributed by atoms with Crippen molar-refractivity contribution in [3.63, 3.8) is 0 Å². The van der Waals surface area contributed by atoms with Gasteiger partial charge >= 0.3 is 0 Å². The van der Waals surface area contributed by atoms with Gasteiger partial charge in [0.15, 0.2) is 5.82 Å². The largest absolute Gasteiger partial charge is 0.496 e. The second-order valence-corrected chi connectivity index (χ2v) is 7.65. The minimum Gasteiger partial charge on any atom is -0.496 e. The van der Waals surface area contributed by atoms with E-state index in [1.54, 1.807) is 7.11 Å². The molecule has 2 heterocycles. The van der Waals surface area contributed by atoms with Gasteiger partial charge in [-0.05, 0) is 30.7 Å². The predicted molar refractivity (Wildman–Crippen MR) is 116 cm³/mol. The van der Waals surface area contributed by atoms with Crippen molar-refractivity contribution in [1.29, 1.82) is 0 Å². The van der Waals surface area contributed by atoms with Gasteiger partial charge in [0.2, 0.25) is 5.95 Å². The number of methoxy groups -OCH3 is 1. The van der Waals surface area contributed by atoms with Crippen LogP contribution in [0.2, 0.25) is 0 Å². The first-order valence-corrected chi connectivity index (χ1v) is 10.2. The number of halogens is 1. The Hall–Kier alpha value is -2.32. The minimum atomic E-state index is -0.0822. The Labute approximate surface area is 173 Å². The van der Waals surface area contributed by atoms with Crippen LogP contribution in [0.15, 0.2) is 34.9 Å². The van der Waals surface area contributed by atoms with Crippen LogP contribution in [0, 0.1) is 0 Å². The number of rotatable bonds is 9. The highest BCUT2D eigenvalue weighted by atomic mass is 79.9. The van der Waals surface area contributed by atoms with Gasteiger partial charge in [-0.1, -0.05) is 35.7 Å². The molecule has 8 heteroatoms. The molecule has 0 saturated carbocycles. The fraction of sp³-hybridized carbons (Fsp3) is 0.400. The Morgan fingerprint density at radius 1 is 1.32 bits per heavy atom. The average molecular weight is 448 g/mol. The smallest absolute Gasteiger partial charge is 0.222 e. The molecule has 0 fully saturated rings. The van der Waals surface area contributed by atoms with E-state index in [0.717, 1.165) is 46.1 Å². The molecule has 0 radical (unpaired) electrons. The molecule has 0 aliphatic rings. The van der Waals surface area contributed by atoms with Gasteiger partial charge in [-0.2, -0.15) is 4.98 Å². The summed E-state index contributed by atoms with van der Waals surface area (Å²) in [4.78, 5) is 8.77. The molecule has 0 spiro atoms. The SMILES string of the molecule is CCCC[C@@H](CO)Nc1nc(N)nc2ccn(Cc3cc(Br)ccc3OC)c12. The second-order valence-electron chi connectivity index (χ2n) is 6.73. The molecule has 0 aliphatic heterocycles. The number of benzene rings is 1. The third-order valence-electron chi connectivity index (χ3n) is 4.68. The molecule has 7 nitrogen and oxygen atoms in total. The number of aliphatic hydroxyl groups is 1. The molecule has 1 aromatic carbocycles. The average Bonchev–Trinajstić information content (AvgIpc) is 3.07. The van der Waals surface area contributed by atoms with Crippen LogP contribution in [-0.4, -0.2) is 39.4 Å². The van der Waals surface area contributed by atoms with Gasteiger partial charge < -0.3 is 25.5 Å². The lowest BCUT2D eigenvalue weighted by molar-refractivity contribution is 0.267. The summed E-state index contributed by atoms with van der Waals surface area (Å²) in [6.45, 7) is 2.75. The van der Waals surface area contributed by atoms with E-state index >= 15 is 0 Å². The Bertz CT molecular complexity index is 944. The van der Waals surface area contributed by atoms with Crippen molar-refractivity contribution >= 4 is 38.7 Å². The van der Waals surface area contributed by atoms with E-state index in [2.05, 4.69) is 42.7 Å². The maximum atomic E-state index is 9.74. The number of anilines is 2. The summed E-state index contributed by atoms with van der Waals surface area (Å²) in [5.41, 5.74) is 8.55. The van der Waals surface area contributed by atoms with E-state index in [1.807, 2.05) is 30.5 Å². The van der Waals surface area contributed by atoms with Crippen LogP contribution in [-0.2, 0) is 6.54 Å². The number of nitrogens with one attached hydrogen (secondary N) is 1. The summed E-state index contributed by atoms with van der Waals surface area (Å²) in [7, 11) is 1.66. The Balaban J connectivity index is 1.99. The van der Waals surface area contributed by atoms with Crippen molar-refractivity contribution in [2.24, 2.45) is 0 Å². The van der Waals surface area contributed by atoms with Gasteiger partial charge in [-0.3, -0.25) is 0 Å². The summed E-state index contributed by atoms with van der Waals surface area (Å²) in [6, 6.07) is 7.76. The Morgan fingerprint density at radius 3 is 2.86 bits per heavy atom. The zero-order valence-corrected chi connectivity index (χ0v) is 17.7. The second kappa shape index (κ2) is 9.25. The van der Waals surface area contributed by atoms with Gasteiger partial charge in [0.25, 0.3) is 0 Å². The molecular weight excluding hydrogens is 422 g/mol. The van der Waals surface area contributed by atoms with Gasteiger partial charge in [-0.25, -0.2) is 4.98 Å². The van der Waals surface area contributed by atoms with Crippen molar-refractivity contribution in [3.8, 4) is 5.75 Å². The van der Waals surface area contributed by atoms with Gasteiger partial charge in [0, 0.05) is 16.2 Å². The number of aliphatic hydroxyl groups excluding tert-OH is 1. The molecule has 150 valence electrons. The van der Waals surface area contributed by atoms with Crippen LogP contribution < -0.4 is 15.8 Å². The minimum absolute atomic E-state index is 0.0333. The molecule has 28 heavy (non-hydrogen) atoms. The lowest BCUT2D eigenvalue weighted by Gasteiger charge is -2.19. The fourth-order valence-corrected chi connectivity index (χ4v) is 3.67. The van der Waals surface area contributed by atoms with Gasteiger partial charge in [0.05, 0.1) is 31.8 Å². The number of unbranched alkanes of at least 4 members (excludes halogenated alkanes) is 1. The fourth-order valence-electron chi connectivity index (χ4n) is 3.26. The van der Waals surface area contributed by atoms with Gasteiger partial charge in [-0.15, -0.1) is 0 Å². The van der Waals surface area contributed by atoms with Crippen LogP contribution in [0.25, 0.3) is 11.0 Å². The van der Waals surface area contributed by atoms with E-state index < -0.39 is 0 Å². The lowest BCUT2D eigenvalue weighted by atomic mass is 10.1. The number of ether oxygens (including phenoxy) is 1. The highest BCUT2D eigenvalue weighted by Crippen LogP contribution is 2.28. The summed E-state index contributed by atoms with van der Waals surface area (Å²) in [5.74, 6) is 1.66. The highest BCUT2D eigenvalue weighted by Gasteiger charge is 2.16. The molecule has 0 aliphatic carbocycles. The number of hydrogen-bond donors (Lipinski definition) is 3. The van der Waals surface area contributed by atoms with Crippen LogP contribution in [0.3, 0.4) is 0 Å². The first-order chi connectivity index (χ1) is 13.5. The van der Waals surface area contributed by atoms with E-state index in [9.17, 15) is 5.11 Å². The van der Waals surface area contributed by atoms with Crippen molar-refractivity contribution in [3.05, 3.63) is 40.5 Å². The standard InChI is InChI=1S/C20H26BrN5O2/c1-3-4-5-15(12-27)23-19-18-16(24-20(22)25-19)8-9-26(18)11-13-10-14(21)6-7-17(13)28-2/h6-10,15,27H,3-5,11-12H2,1-2H3,(H3,22,23,24,25)/t15-/m0/s1. The summed E-state index contributed by atoms with van der Waals surface area (Å²) >= 11 is 3.52. The van der Waals surface area contributed by atoms with Crippen molar-refractivity contribution in [2.45, 2.75) is 38.8 Å². The quantitative estimate of drug-likeness (QED) is 0.461. The summed E-state index contributed by atoms with van der Waals surface area (Å²) in [5, 5.41) is 13.1. The van der Waals surface area contributed by atoms with Crippen molar-refractivity contribution in [2.75, 3.05) is 24.8 Å². The van der Waals surface area contributed by atoms with Crippen LogP contribution in [0.4, 0.5) is 11.8 Å². The zero-order valence-electron chi connectivity index (χ0n) is 16.2. The Kier molecular flexibility index (Phi) is 6.74. The monoisotopic (exact) mass is 447 g/mol. The molecule has 0 amide bonds. The molecule has 0 unspecified atom stereocenters. The third kappa shape index (κ3) is 4.56. The van der Waals surface area contributed by atoms with E-state index in [1.165, 1.54) is 0 Å².